The van der Waals surface area contributed by atoms with Crippen molar-refractivity contribution in [2.24, 2.45) is 0 Å². The van der Waals surface area contributed by atoms with E-state index in [0.717, 1.165) is 12.1 Å². The maximum Gasteiger partial charge on any atom is 0.129 e. The van der Waals surface area contributed by atoms with Crippen molar-refractivity contribution in [2.45, 2.75) is 33.4 Å². The van der Waals surface area contributed by atoms with Crippen molar-refractivity contribution in [1.29, 1.82) is 0 Å². The Labute approximate surface area is 133 Å². The molecule has 0 aromatic heterocycles. The van der Waals surface area contributed by atoms with E-state index in [4.69, 9.17) is 0 Å². The highest BCUT2D eigenvalue weighted by Gasteiger charge is 2.07. The monoisotopic (exact) mass is 383 g/mol. The van der Waals surface area contributed by atoms with Crippen LogP contribution in [0, 0.1) is 23.2 Å². The van der Waals surface area contributed by atoms with Crippen molar-refractivity contribution in [1.82, 2.24) is 5.32 Å². The van der Waals surface area contributed by atoms with E-state index in [0.29, 0.717) is 11.1 Å². The Bertz CT molecular complexity index is 569. The van der Waals surface area contributed by atoms with Crippen LogP contribution in [-0.2, 0) is 6.54 Å². The van der Waals surface area contributed by atoms with Crippen LogP contribution in [0.4, 0.5) is 4.39 Å². The van der Waals surface area contributed by atoms with Crippen LogP contribution in [0.15, 0.2) is 36.4 Å². The van der Waals surface area contributed by atoms with Gasteiger partial charge in [0.1, 0.15) is 5.82 Å². The molecule has 0 spiro atoms. The van der Waals surface area contributed by atoms with Gasteiger partial charge in [-0.2, -0.15) is 0 Å². The molecule has 20 heavy (non-hydrogen) atoms. The van der Waals surface area contributed by atoms with E-state index in [1.807, 2.05) is 26.0 Å². The number of hydrogen-bond donors (Lipinski definition) is 1. The Morgan fingerprint density at radius 1 is 1.10 bits per heavy atom. The largest absolute Gasteiger partial charge is 0.306 e. The van der Waals surface area contributed by atoms with Crippen molar-refractivity contribution in [3.63, 3.8) is 0 Å². The topological polar surface area (TPSA) is 12.0 Å². The van der Waals surface area contributed by atoms with Crippen molar-refractivity contribution in [3.8, 4) is 0 Å². The predicted molar refractivity (Wildman–Crippen MR) is 90.3 cm³/mol. The molecular weight excluding hydrogens is 364 g/mol. The van der Waals surface area contributed by atoms with E-state index in [2.05, 4.69) is 59.1 Å². The second kappa shape index (κ2) is 6.68. The Kier molecular flexibility index (Phi) is 5.16. The molecule has 0 aliphatic heterocycles. The van der Waals surface area contributed by atoms with Crippen molar-refractivity contribution < 1.29 is 4.39 Å². The minimum Gasteiger partial charge on any atom is -0.306 e. The quantitative estimate of drug-likeness (QED) is 0.741. The predicted octanol–water partition coefficient (Wildman–Crippen LogP) is 4.90. The summed E-state index contributed by atoms with van der Waals surface area (Å²) >= 11 is 2.30. The summed E-state index contributed by atoms with van der Waals surface area (Å²) in [6, 6.07) is 12.6. The molecule has 2 rings (SSSR count). The van der Waals surface area contributed by atoms with E-state index in [9.17, 15) is 4.39 Å². The average molecular weight is 383 g/mol. The van der Waals surface area contributed by atoms with Gasteiger partial charge in [-0.1, -0.05) is 24.3 Å². The second-order valence-corrected chi connectivity index (χ2v) is 6.44. The van der Waals surface area contributed by atoms with Gasteiger partial charge in [-0.15, -0.1) is 0 Å². The molecule has 0 aliphatic carbocycles. The summed E-state index contributed by atoms with van der Waals surface area (Å²) in [5, 5.41) is 3.48. The number of nitrogens with one attached hydrogen (secondary N) is 1. The Balaban J connectivity index is 2.03. The maximum absolute atomic E-state index is 13.6. The lowest BCUT2D eigenvalue weighted by Gasteiger charge is -2.15. The standard InChI is InChI=1S/C17H19FIN/c1-11-8-14(9-12(2)17(11)18)10-20-13(3)15-4-6-16(19)7-5-15/h4-9,13,20H,10H2,1-3H3. The minimum atomic E-state index is -0.0977. The molecule has 0 saturated carbocycles. The van der Waals surface area contributed by atoms with Crippen molar-refractivity contribution in [2.75, 3.05) is 0 Å². The molecular formula is C17H19FIN. The molecule has 0 fully saturated rings. The van der Waals surface area contributed by atoms with Crippen LogP contribution in [0.25, 0.3) is 0 Å². The van der Waals surface area contributed by atoms with Crippen molar-refractivity contribution >= 4 is 22.6 Å². The van der Waals surface area contributed by atoms with E-state index >= 15 is 0 Å². The summed E-state index contributed by atoms with van der Waals surface area (Å²) < 4.78 is 14.8. The highest BCUT2D eigenvalue weighted by molar-refractivity contribution is 14.1. The molecule has 106 valence electrons. The van der Waals surface area contributed by atoms with Crippen LogP contribution in [0.1, 0.15) is 35.2 Å². The van der Waals surface area contributed by atoms with Gasteiger partial charge in [0.2, 0.25) is 0 Å². The summed E-state index contributed by atoms with van der Waals surface area (Å²) in [6.45, 7) is 6.52. The molecule has 0 bridgehead atoms. The van der Waals surface area contributed by atoms with Gasteiger partial charge in [-0.05, 0) is 77.7 Å². The summed E-state index contributed by atoms with van der Waals surface area (Å²) in [5.41, 5.74) is 3.81. The smallest absolute Gasteiger partial charge is 0.129 e. The zero-order valence-corrected chi connectivity index (χ0v) is 14.2. The number of rotatable bonds is 4. The molecule has 0 saturated heterocycles. The zero-order chi connectivity index (χ0) is 14.7. The molecule has 1 N–H and O–H groups in total. The van der Waals surface area contributed by atoms with Crippen LogP contribution in [0.2, 0.25) is 0 Å². The highest BCUT2D eigenvalue weighted by atomic mass is 127. The third-order valence-corrected chi connectivity index (χ3v) is 4.20. The summed E-state index contributed by atoms with van der Waals surface area (Å²) in [7, 11) is 0. The van der Waals surface area contributed by atoms with Crippen LogP contribution in [0.3, 0.4) is 0 Å². The Hall–Kier alpha value is -0.940. The van der Waals surface area contributed by atoms with Gasteiger partial charge in [0, 0.05) is 16.2 Å². The number of benzene rings is 2. The first-order chi connectivity index (χ1) is 9.47. The number of hydrogen-bond acceptors (Lipinski definition) is 1. The van der Waals surface area contributed by atoms with Gasteiger partial charge in [0.25, 0.3) is 0 Å². The molecule has 0 amide bonds. The van der Waals surface area contributed by atoms with Gasteiger partial charge in [0.05, 0.1) is 0 Å². The first kappa shape index (κ1) is 15.4. The van der Waals surface area contributed by atoms with Gasteiger partial charge in [0.15, 0.2) is 0 Å². The van der Waals surface area contributed by atoms with E-state index in [-0.39, 0.29) is 11.9 Å². The third-order valence-electron chi connectivity index (χ3n) is 3.48. The lowest BCUT2D eigenvalue weighted by molar-refractivity contribution is 0.570. The molecule has 1 atom stereocenters. The summed E-state index contributed by atoms with van der Waals surface area (Å²) in [4.78, 5) is 0. The molecule has 0 aliphatic rings. The van der Waals surface area contributed by atoms with Crippen LogP contribution in [-0.4, -0.2) is 0 Å². The lowest BCUT2D eigenvalue weighted by Crippen LogP contribution is -2.18. The van der Waals surface area contributed by atoms with Crippen LogP contribution >= 0.6 is 22.6 Å². The fourth-order valence-electron chi connectivity index (χ4n) is 2.28. The number of halogens is 2. The molecule has 2 aromatic carbocycles. The first-order valence-corrected chi connectivity index (χ1v) is 7.79. The van der Waals surface area contributed by atoms with E-state index in [1.165, 1.54) is 9.13 Å². The fraction of sp³-hybridized carbons (Fsp3) is 0.294. The fourth-order valence-corrected chi connectivity index (χ4v) is 2.64. The van der Waals surface area contributed by atoms with Gasteiger partial charge in [-0.25, -0.2) is 4.39 Å². The number of aryl methyl sites for hydroxylation is 2. The minimum absolute atomic E-state index is 0.0977. The van der Waals surface area contributed by atoms with Crippen LogP contribution in [0.5, 0.6) is 0 Å². The summed E-state index contributed by atoms with van der Waals surface area (Å²) in [5.74, 6) is -0.0977. The molecule has 1 nitrogen and oxygen atoms in total. The summed E-state index contributed by atoms with van der Waals surface area (Å²) in [6.07, 6.45) is 0. The molecule has 0 radical (unpaired) electrons. The van der Waals surface area contributed by atoms with Gasteiger partial charge < -0.3 is 5.32 Å². The first-order valence-electron chi connectivity index (χ1n) is 6.72. The maximum atomic E-state index is 13.6. The lowest BCUT2D eigenvalue weighted by atomic mass is 10.1. The average Bonchev–Trinajstić information content (AvgIpc) is 2.42. The molecule has 0 heterocycles. The molecule has 2 aromatic rings. The van der Waals surface area contributed by atoms with Crippen molar-refractivity contribution in [3.05, 3.63) is 68.0 Å². The van der Waals surface area contributed by atoms with E-state index in [1.54, 1.807) is 0 Å². The van der Waals surface area contributed by atoms with Crippen LogP contribution < -0.4 is 5.32 Å². The highest BCUT2D eigenvalue weighted by Crippen LogP contribution is 2.17. The van der Waals surface area contributed by atoms with Gasteiger partial charge >= 0.3 is 0 Å². The SMILES string of the molecule is Cc1cc(CNC(C)c2ccc(I)cc2)cc(C)c1F. The molecule has 3 heteroatoms. The Morgan fingerprint density at radius 3 is 2.20 bits per heavy atom. The third kappa shape index (κ3) is 3.79. The van der Waals surface area contributed by atoms with Gasteiger partial charge in [-0.3, -0.25) is 0 Å². The van der Waals surface area contributed by atoms with E-state index < -0.39 is 0 Å². The Morgan fingerprint density at radius 2 is 1.65 bits per heavy atom. The normalized spacial score (nSPS) is 12.4. The second-order valence-electron chi connectivity index (χ2n) is 5.20. The molecule has 1 unspecified atom stereocenters. The zero-order valence-electron chi connectivity index (χ0n) is 12.0.